The molecular formula is C16H20N2O3. The third-order valence-corrected chi connectivity index (χ3v) is 4.70. The van der Waals surface area contributed by atoms with E-state index >= 15 is 0 Å². The number of fused-ring (bicyclic) bond motifs is 1. The summed E-state index contributed by atoms with van der Waals surface area (Å²) in [7, 11) is 1.36. The molecule has 2 saturated heterocycles. The van der Waals surface area contributed by atoms with Crippen molar-refractivity contribution in [2.45, 2.75) is 43.3 Å². The van der Waals surface area contributed by atoms with E-state index in [-0.39, 0.29) is 23.8 Å². The Morgan fingerprint density at radius 3 is 2.67 bits per heavy atom. The Kier molecular flexibility index (Phi) is 3.68. The molecule has 0 radical (unpaired) electrons. The van der Waals surface area contributed by atoms with E-state index in [0.717, 1.165) is 18.4 Å². The zero-order valence-corrected chi connectivity index (χ0v) is 12.1. The fraction of sp³-hybridized carbons (Fsp3) is 0.500. The number of piperidine rings is 1. The van der Waals surface area contributed by atoms with Crippen molar-refractivity contribution in [1.29, 1.82) is 0 Å². The number of hydrogen-bond acceptors (Lipinski definition) is 4. The fourth-order valence-electron chi connectivity index (χ4n) is 3.64. The van der Waals surface area contributed by atoms with E-state index in [1.54, 1.807) is 4.90 Å². The summed E-state index contributed by atoms with van der Waals surface area (Å²) >= 11 is 0. The van der Waals surface area contributed by atoms with Crippen molar-refractivity contribution in [1.82, 2.24) is 4.90 Å². The molecule has 5 heteroatoms. The average molecular weight is 288 g/mol. The van der Waals surface area contributed by atoms with Crippen LogP contribution in [0, 0.1) is 0 Å². The summed E-state index contributed by atoms with van der Waals surface area (Å²) in [5, 5.41) is 0. The first-order chi connectivity index (χ1) is 10.1. The Labute approximate surface area is 124 Å². The van der Waals surface area contributed by atoms with Crippen LogP contribution in [0.5, 0.6) is 0 Å². The Morgan fingerprint density at radius 2 is 2.00 bits per heavy atom. The predicted octanol–water partition coefficient (Wildman–Crippen LogP) is 1.03. The summed E-state index contributed by atoms with van der Waals surface area (Å²) in [5.41, 5.74) is 7.27. The fourth-order valence-corrected chi connectivity index (χ4v) is 3.64. The lowest BCUT2D eigenvalue weighted by atomic mass is 9.82. The van der Waals surface area contributed by atoms with Crippen LogP contribution in [0.15, 0.2) is 30.3 Å². The standard InChI is InChI=1S/C16H20N2O3/c1-21-16(20)13-8-7-11-9-12(10-5-3-2-4-6-10)14(17)15(19)18(11)13/h2-6,11-14H,7-9,17H2,1H3/t11-,12-,13+,14+/m1/s1. The van der Waals surface area contributed by atoms with Crippen molar-refractivity contribution in [2.24, 2.45) is 5.73 Å². The van der Waals surface area contributed by atoms with Crippen molar-refractivity contribution in [3.63, 3.8) is 0 Å². The van der Waals surface area contributed by atoms with E-state index in [9.17, 15) is 9.59 Å². The summed E-state index contributed by atoms with van der Waals surface area (Å²) in [6.45, 7) is 0. The molecule has 3 rings (SSSR count). The Balaban J connectivity index is 1.85. The second kappa shape index (κ2) is 5.48. The van der Waals surface area contributed by atoms with Crippen LogP contribution in [-0.2, 0) is 14.3 Å². The Morgan fingerprint density at radius 1 is 1.29 bits per heavy atom. The molecule has 2 heterocycles. The van der Waals surface area contributed by atoms with Gasteiger partial charge in [-0.15, -0.1) is 0 Å². The maximum absolute atomic E-state index is 12.6. The molecule has 0 unspecified atom stereocenters. The molecule has 0 saturated carbocycles. The van der Waals surface area contributed by atoms with Crippen molar-refractivity contribution in [3.05, 3.63) is 35.9 Å². The lowest BCUT2D eigenvalue weighted by Gasteiger charge is -2.40. The van der Waals surface area contributed by atoms with Gasteiger partial charge in [-0.05, 0) is 24.8 Å². The number of amides is 1. The van der Waals surface area contributed by atoms with Gasteiger partial charge in [-0.1, -0.05) is 30.3 Å². The first-order valence-corrected chi connectivity index (χ1v) is 7.34. The summed E-state index contributed by atoms with van der Waals surface area (Å²) in [6, 6.07) is 8.95. The number of ether oxygens (including phenoxy) is 1. The van der Waals surface area contributed by atoms with E-state index in [4.69, 9.17) is 10.5 Å². The highest BCUT2D eigenvalue weighted by Crippen LogP contribution is 2.39. The van der Waals surface area contributed by atoms with Gasteiger partial charge in [0.15, 0.2) is 0 Å². The van der Waals surface area contributed by atoms with E-state index in [1.807, 2.05) is 30.3 Å². The molecule has 0 aliphatic carbocycles. The average Bonchev–Trinajstić information content (AvgIpc) is 2.95. The van der Waals surface area contributed by atoms with Crippen LogP contribution in [0.2, 0.25) is 0 Å². The lowest BCUT2D eigenvalue weighted by Crippen LogP contribution is -2.58. The van der Waals surface area contributed by atoms with Crippen molar-refractivity contribution >= 4 is 11.9 Å². The quantitative estimate of drug-likeness (QED) is 0.825. The summed E-state index contributed by atoms with van der Waals surface area (Å²) in [4.78, 5) is 26.1. The van der Waals surface area contributed by atoms with Crippen molar-refractivity contribution < 1.29 is 14.3 Å². The van der Waals surface area contributed by atoms with Crippen molar-refractivity contribution in [2.75, 3.05) is 7.11 Å². The van der Waals surface area contributed by atoms with Gasteiger partial charge in [0.05, 0.1) is 13.2 Å². The maximum atomic E-state index is 12.6. The topological polar surface area (TPSA) is 72.6 Å². The van der Waals surface area contributed by atoms with Crippen LogP contribution in [0.3, 0.4) is 0 Å². The van der Waals surface area contributed by atoms with Gasteiger partial charge in [0.25, 0.3) is 0 Å². The van der Waals surface area contributed by atoms with Crippen LogP contribution in [-0.4, -0.2) is 42.0 Å². The molecule has 4 atom stereocenters. The van der Waals surface area contributed by atoms with E-state index < -0.39 is 12.1 Å². The second-order valence-electron chi connectivity index (χ2n) is 5.79. The van der Waals surface area contributed by atoms with Gasteiger partial charge in [-0.25, -0.2) is 4.79 Å². The number of benzene rings is 1. The molecule has 2 aliphatic rings. The normalized spacial score (nSPS) is 31.9. The third-order valence-electron chi connectivity index (χ3n) is 4.70. The number of nitrogens with zero attached hydrogens (tertiary/aromatic N) is 1. The van der Waals surface area contributed by atoms with Gasteiger partial charge in [0, 0.05) is 12.0 Å². The van der Waals surface area contributed by atoms with Crippen LogP contribution >= 0.6 is 0 Å². The number of nitrogens with two attached hydrogens (primary N) is 1. The minimum atomic E-state index is -0.589. The first-order valence-electron chi connectivity index (χ1n) is 7.34. The minimum absolute atomic E-state index is 0.0244. The van der Waals surface area contributed by atoms with Gasteiger partial charge in [0.1, 0.15) is 6.04 Å². The molecule has 0 spiro atoms. The summed E-state index contributed by atoms with van der Waals surface area (Å²) in [5.74, 6) is -0.444. The number of carbonyl (C=O) groups excluding carboxylic acids is 2. The van der Waals surface area contributed by atoms with Gasteiger partial charge in [-0.3, -0.25) is 4.79 Å². The van der Waals surface area contributed by atoms with Crippen LogP contribution in [0.1, 0.15) is 30.7 Å². The minimum Gasteiger partial charge on any atom is -0.467 e. The molecule has 5 nitrogen and oxygen atoms in total. The number of hydrogen-bond donors (Lipinski definition) is 1. The van der Waals surface area contributed by atoms with Gasteiger partial charge >= 0.3 is 5.97 Å². The molecule has 0 bridgehead atoms. The van der Waals surface area contributed by atoms with Gasteiger partial charge in [-0.2, -0.15) is 0 Å². The molecular weight excluding hydrogens is 268 g/mol. The summed E-state index contributed by atoms with van der Waals surface area (Å²) in [6.07, 6.45) is 2.31. The number of carbonyl (C=O) groups is 2. The summed E-state index contributed by atoms with van der Waals surface area (Å²) < 4.78 is 4.80. The molecule has 2 fully saturated rings. The highest BCUT2D eigenvalue weighted by Gasteiger charge is 2.49. The van der Waals surface area contributed by atoms with Gasteiger partial charge in [0.2, 0.25) is 5.91 Å². The number of esters is 1. The molecule has 1 amide bonds. The van der Waals surface area contributed by atoms with Crippen molar-refractivity contribution in [3.8, 4) is 0 Å². The Hall–Kier alpha value is -1.88. The number of methoxy groups -OCH3 is 1. The predicted molar refractivity (Wildman–Crippen MR) is 77.4 cm³/mol. The van der Waals surface area contributed by atoms with Crippen LogP contribution < -0.4 is 5.73 Å². The molecule has 2 aliphatic heterocycles. The third kappa shape index (κ3) is 2.31. The number of rotatable bonds is 2. The van der Waals surface area contributed by atoms with E-state index in [2.05, 4.69) is 0 Å². The zero-order valence-electron chi connectivity index (χ0n) is 12.1. The first kappa shape index (κ1) is 14.1. The Bertz CT molecular complexity index is 546. The molecule has 1 aromatic carbocycles. The smallest absolute Gasteiger partial charge is 0.328 e. The molecule has 2 N–H and O–H groups in total. The van der Waals surface area contributed by atoms with E-state index in [1.165, 1.54) is 7.11 Å². The molecule has 1 aromatic rings. The van der Waals surface area contributed by atoms with Crippen LogP contribution in [0.4, 0.5) is 0 Å². The monoisotopic (exact) mass is 288 g/mol. The molecule has 0 aromatic heterocycles. The molecule has 112 valence electrons. The van der Waals surface area contributed by atoms with Crippen LogP contribution in [0.25, 0.3) is 0 Å². The lowest BCUT2D eigenvalue weighted by molar-refractivity contribution is -0.154. The highest BCUT2D eigenvalue weighted by molar-refractivity contribution is 5.90. The largest absolute Gasteiger partial charge is 0.467 e. The highest BCUT2D eigenvalue weighted by atomic mass is 16.5. The zero-order chi connectivity index (χ0) is 15.0. The SMILES string of the molecule is COC(=O)[C@@H]1CC[C@@H]2C[C@H](c3ccccc3)[C@H](N)C(=O)N21. The maximum Gasteiger partial charge on any atom is 0.328 e. The molecule has 21 heavy (non-hydrogen) atoms. The van der Waals surface area contributed by atoms with Gasteiger partial charge < -0.3 is 15.4 Å². The second-order valence-corrected chi connectivity index (χ2v) is 5.79. The van der Waals surface area contributed by atoms with E-state index in [0.29, 0.717) is 6.42 Å².